The number of hydrogen-bond acceptors (Lipinski definition) is 4. The van der Waals surface area contributed by atoms with E-state index in [1.807, 2.05) is 0 Å². The van der Waals surface area contributed by atoms with E-state index in [0.29, 0.717) is 12.1 Å². The number of rotatable bonds is 4. The van der Waals surface area contributed by atoms with Gasteiger partial charge in [0.25, 0.3) is 5.91 Å². The zero-order valence-electron chi connectivity index (χ0n) is 14.9. The average molecular weight is 471 g/mol. The molecule has 0 radical (unpaired) electrons. The van der Waals surface area contributed by atoms with E-state index in [4.69, 9.17) is 5.26 Å². The fourth-order valence-electron chi connectivity index (χ4n) is 2.60. The molecule has 6 nitrogen and oxygen atoms in total. The smallest absolute Gasteiger partial charge is 0.322 e. The number of halogens is 9. The number of hydrogen-bond donors (Lipinski definition) is 1. The van der Waals surface area contributed by atoms with Gasteiger partial charge in [-0.3, -0.25) is 14.9 Å². The summed E-state index contributed by atoms with van der Waals surface area (Å²) in [6.45, 7) is 0. The number of carbonyl (C=O) groups is 1. The van der Waals surface area contributed by atoms with Gasteiger partial charge in [0.05, 0.1) is 10.5 Å². The highest BCUT2D eigenvalue weighted by Crippen LogP contribution is 2.54. The van der Waals surface area contributed by atoms with Crippen molar-refractivity contribution in [1.29, 1.82) is 5.26 Å². The number of para-hydroxylation sites is 1. The predicted octanol–water partition coefficient (Wildman–Crippen LogP) is 5.29. The average Bonchev–Trinajstić information content (AvgIpc) is 2.66. The molecule has 0 unspecified atom stereocenters. The van der Waals surface area contributed by atoms with Crippen LogP contribution in [0.25, 0.3) is 0 Å². The Morgan fingerprint density at radius 2 is 1.56 bits per heavy atom. The van der Waals surface area contributed by atoms with E-state index >= 15 is 0 Å². The molecule has 0 saturated heterocycles. The fraction of sp³-hybridized carbons (Fsp3) is 0.176. The highest BCUT2D eigenvalue weighted by atomic mass is 19.4. The number of anilines is 1. The monoisotopic (exact) mass is 471 g/mol. The first-order valence-corrected chi connectivity index (χ1v) is 7.87. The Bertz CT molecular complexity index is 1120. The first-order valence-electron chi connectivity index (χ1n) is 7.87. The van der Waals surface area contributed by atoms with E-state index in [0.717, 1.165) is 12.1 Å². The van der Waals surface area contributed by atoms with Crippen LogP contribution in [0.1, 0.15) is 21.5 Å². The summed E-state index contributed by atoms with van der Waals surface area (Å²) in [5.41, 5.74) is -14.3. The molecule has 1 amide bonds. The minimum atomic E-state index is -6.54. The van der Waals surface area contributed by atoms with E-state index in [2.05, 4.69) is 0 Å². The fourth-order valence-corrected chi connectivity index (χ4v) is 2.60. The molecule has 0 aliphatic carbocycles. The molecule has 170 valence electrons. The van der Waals surface area contributed by atoms with Gasteiger partial charge in [0, 0.05) is 11.3 Å². The summed E-state index contributed by atoms with van der Waals surface area (Å²) >= 11 is 0. The molecule has 0 aromatic heterocycles. The van der Waals surface area contributed by atoms with Gasteiger partial charge < -0.3 is 5.32 Å². The zero-order chi connectivity index (χ0) is 24.6. The van der Waals surface area contributed by atoms with Crippen molar-refractivity contribution in [3.8, 4) is 6.07 Å². The number of nitro groups is 1. The minimum absolute atomic E-state index is 0.0327. The Kier molecular flexibility index (Phi) is 6.12. The van der Waals surface area contributed by atoms with E-state index in [1.54, 1.807) is 0 Å². The molecular formula is C17H6F9N3O3. The minimum Gasteiger partial charge on any atom is -0.322 e. The molecule has 0 aliphatic rings. The van der Waals surface area contributed by atoms with Crippen LogP contribution in [0.2, 0.25) is 0 Å². The second-order valence-corrected chi connectivity index (χ2v) is 5.97. The summed E-state index contributed by atoms with van der Waals surface area (Å²) in [6.07, 6.45) is -13.1. The van der Waals surface area contributed by atoms with E-state index in [9.17, 15) is 54.4 Å². The normalized spacial score (nSPS) is 12.2. The van der Waals surface area contributed by atoms with E-state index in [-0.39, 0.29) is 12.1 Å². The van der Waals surface area contributed by atoms with Gasteiger partial charge in [-0.05, 0) is 12.1 Å². The molecule has 32 heavy (non-hydrogen) atoms. The van der Waals surface area contributed by atoms with Crippen molar-refractivity contribution in [3.05, 3.63) is 68.8 Å². The van der Waals surface area contributed by atoms with Crippen LogP contribution in [0.3, 0.4) is 0 Å². The summed E-state index contributed by atoms with van der Waals surface area (Å²) < 4.78 is 121. The van der Waals surface area contributed by atoms with Crippen LogP contribution in [0.4, 0.5) is 50.9 Å². The van der Waals surface area contributed by atoms with Crippen molar-refractivity contribution in [2.45, 2.75) is 18.0 Å². The first-order chi connectivity index (χ1) is 14.6. The van der Waals surface area contributed by atoms with Gasteiger partial charge in [-0.15, -0.1) is 0 Å². The van der Waals surface area contributed by atoms with Gasteiger partial charge in [-0.1, -0.05) is 18.2 Å². The van der Waals surface area contributed by atoms with Gasteiger partial charge in [-0.2, -0.15) is 36.0 Å². The zero-order valence-corrected chi connectivity index (χ0v) is 14.9. The molecule has 1 N–H and O–H groups in total. The summed E-state index contributed by atoms with van der Waals surface area (Å²) in [7, 11) is 0. The third-order valence-electron chi connectivity index (χ3n) is 4.06. The lowest BCUT2D eigenvalue weighted by atomic mass is 9.92. The van der Waals surface area contributed by atoms with Crippen LogP contribution >= 0.6 is 0 Å². The van der Waals surface area contributed by atoms with E-state index < -0.39 is 68.6 Å². The van der Waals surface area contributed by atoms with Crippen LogP contribution < -0.4 is 5.32 Å². The number of amides is 1. The number of alkyl halides is 7. The van der Waals surface area contributed by atoms with Gasteiger partial charge in [0.15, 0.2) is 5.56 Å². The Morgan fingerprint density at radius 1 is 1.03 bits per heavy atom. The Hall–Kier alpha value is -3.83. The lowest BCUT2D eigenvalue weighted by Gasteiger charge is -2.31. The predicted molar refractivity (Wildman–Crippen MR) is 87.0 cm³/mol. The maximum atomic E-state index is 14.4. The Labute approximate surface area is 171 Å². The Morgan fingerprint density at radius 3 is 2.03 bits per heavy atom. The standard InChI is InChI=1S/C17H6F9N3O3/c18-10-5-7(12(19)13(29(31)32)8(10)6-27)14(30)28-11-4-2-1-3-9(11)15(20,16(21,22)23)17(24,25)26/h1-5H,(H,28,30). The van der Waals surface area contributed by atoms with Crippen molar-refractivity contribution in [3.63, 3.8) is 0 Å². The van der Waals surface area contributed by atoms with Crippen molar-refractivity contribution >= 4 is 17.3 Å². The number of nitro benzene ring substituents is 1. The molecule has 0 heterocycles. The number of benzene rings is 2. The van der Waals surface area contributed by atoms with Crippen molar-refractivity contribution < 1.29 is 49.2 Å². The van der Waals surface area contributed by atoms with E-state index in [1.165, 1.54) is 5.32 Å². The molecule has 0 spiro atoms. The van der Waals surface area contributed by atoms with Crippen LogP contribution in [0.5, 0.6) is 0 Å². The first kappa shape index (κ1) is 24.4. The van der Waals surface area contributed by atoms with Gasteiger partial charge in [0.2, 0.25) is 5.82 Å². The number of nitrogens with zero attached hydrogens (tertiary/aromatic N) is 2. The maximum absolute atomic E-state index is 14.4. The van der Waals surface area contributed by atoms with Crippen LogP contribution in [0.15, 0.2) is 30.3 Å². The topological polar surface area (TPSA) is 96.0 Å². The highest BCUT2D eigenvalue weighted by molar-refractivity contribution is 6.05. The van der Waals surface area contributed by atoms with Crippen LogP contribution in [0, 0.1) is 33.1 Å². The van der Waals surface area contributed by atoms with Crippen molar-refractivity contribution in [2.75, 3.05) is 5.32 Å². The largest absolute Gasteiger partial charge is 0.436 e. The van der Waals surface area contributed by atoms with Crippen LogP contribution in [-0.2, 0) is 5.67 Å². The molecule has 0 atom stereocenters. The molecule has 2 aromatic carbocycles. The SMILES string of the molecule is N#Cc1c(F)cc(C(=O)Nc2ccccc2C(F)(C(F)(F)F)C(F)(F)F)c(F)c1[N+](=O)[O-]. The second-order valence-electron chi connectivity index (χ2n) is 5.97. The van der Waals surface area contributed by atoms with Gasteiger partial charge >= 0.3 is 23.7 Å². The second kappa shape index (κ2) is 8.02. The molecule has 15 heteroatoms. The third kappa shape index (κ3) is 3.90. The number of nitriles is 1. The summed E-state index contributed by atoms with van der Waals surface area (Å²) in [5, 5.41) is 21.0. The molecule has 0 aliphatic heterocycles. The summed E-state index contributed by atoms with van der Waals surface area (Å²) in [4.78, 5) is 21.6. The van der Waals surface area contributed by atoms with Crippen LogP contribution in [-0.4, -0.2) is 23.2 Å². The van der Waals surface area contributed by atoms with Crippen molar-refractivity contribution in [1.82, 2.24) is 0 Å². The van der Waals surface area contributed by atoms with Gasteiger partial charge in [-0.25, -0.2) is 8.78 Å². The molecule has 0 saturated carbocycles. The molecule has 0 bridgehead atoms. The maximum Gasteiger partial charge on any atom is 0.436 e. The highest BCUT2D eigenvalue weighted by Gasteiger charge is 2.74. The van der Waals surface area contributed by atoms with Crippen molar-refractivity contribution in [2.24, 2.45) is 0 Å². The summed E-state index contributed by atoms with van der Waals surface area (Å²) in [6, 6.07) is 2.78. The number of nitrogens with one attached hydrogen (secondary N) is 1. The summed E-state index contributed by atoms with van der Waals surface area (Å²) in [5.74, 6) is -5.82. The molecule has 2 aromatic rings. The number of carbonyl (C=O) groups excluding carboxylic acids is 1. The Balaban J connectivity index is 2.67. The molecular weight excluding hydrogens is 465 g/mol. The molecule has 2 rings (SSSR count). The lowest BCUT2D eigenvalue weighted by molar-refractivity contribution is -0.388. The van der Waals surface area contributed by atoms with Gasteiger partial charge in [0.1, 0.15) is 11.9 Å². The third-order valence-corrected chi connectivity index (χ3v) is 4.06. The molecule has 0 fully saturated rings. The quantitative estimate of drug-likeness (QED) is 0.373. The lowest BCUT2D eigenvalue weighted by Crippen LogP contribution is -2.50.